The first-order valence-corrected chi connectivity index (χ1v) is 9.62. The molecule has 2 bridgehead atoms. The molecule has 2 unspecified atom stereocenters. The summed E-state index contributed by atoms with van der Waals surface area (Å²) in [7, 11) is 0. The molecule has 6 nitrogen and oxygen atoms in total. The van der Waals surface area contributed by atoms with E-state index in [1.54, 1.807) is 24.7 Å². The van der Waals surface area contributed by atoms with Crippen LogP contribution in [0.5, 0.6) is 11.6 Å². The lowest BCUT2D eigenvalue weighted by Crippen LogP contribution is -2.49. The lowest BCUT2D eigenvalue weighted by Gasteiger charge is -2.38. The molecule has 0 aliphatic carbocycles. The van der Waals surface area contributed by atoms with Gasteiger partial charge in [-0.3, -0.25) is 9.78 Å². The number of ether oxygens (including phenoxy) is 2. The Hall–Kier alpha value is -2.63. The summed E-state index contributed by atoms with van der Waals surface area (Å²) in [6.45, 7) is 3.91. The van der Waals surface area contributed by atoms with Gasteiger partial charge in [0.15, 0.2) is 0 Å². The summed E-state index contributed by atoms with van der Waals surface area (Å²) >= 11 is 0. The summed E-state index contributed by atoms with van der Waals surface area (Å²) < 4.78 is 11.7. The smallest absolute Gasteiger partial charge is 0.255 e. The minimum atomic E-state index is 0.0610. The third-order valence-electron chi connectivity index (χ3n) is 5.20. The van der Waals surface area contributed by atoms with Crippen molar-refractivity contribution in [3.8, 4) is 11.6 Å². The van der Waals surface area contributed by atoms with E-state index in [2.05, 4.69) is 9.97 Å². The Morgan fingerprint density at radius 2 is 1.93 bits per heavy atom. The Balaban J connectivity index is 1.42. The van der Waals surface area contributed by atoms with Crippen molar-refractivity contribution in [3.05, 3.63) is 48.4 Å². The number of rotatable bonds is 5. The van der Waals surface area contributed by atoms with Crippen molar-refractivity contribution in [1.29, 1.82) is 0 Å². The predicted molar refractivity (Wildman–Crippen MR) is 101 cm³/mol. The highest BCUT2D eigenvalue weighted by atomic mass is 16.5. The van der Waals surface area contributed by atoms with Gasteiger partial charge in [0.2, 0.25) is 5.88 Å². The average molecular weight is 367 g/mol. The van der Waals surface area contributed by atoms with Gasteiger partial charge >= 0.3 is 0 Å². The highest BCUT2D eigenvalue weighted by Crippen LogP contribution is 2.38. The van der Waals surface area contributed by atoms with Gasteiger partial charge in [-0.1, -0.05) is 0 Å². The molecule has 4 rings (SSSR count). The van der Waals surface area contributed by atoms with Crippen LogP contribution in [-0.4, -0.2) is 45.1 Å². The Bertz CT molecular complexity index is 765. The van der Waals surface area contributed by atoms with Crippen LogP contribution in [0.15, 0.2) is 42.9 Å². The van der Waals surface area contributed by atoms with Crippen molar-refractivity contribution < 1.29 is 14.3 Å². The lowest BCUT2D eigenvalue weighted by atomic mass is 9.98. The van der Waals surface area contributed by atoms with Crippen LogP contribution >= 0.6 is 0 Å². The maximum atomic E-state index is 13.1. The molecular formula is C21H25N3O3. The molecule has 27 heavy (non-hydrogen) atoms. The summed E-state index contributed by atoms with van der Waals surface area (Å²) in [5.74, 6) is 1.41. The average Bonchev–Trinajstić information content (AvgIpc) is 2.93. The van der Waals surface area contributed by atoms with Gasteiger partial charge in [0.1, 0.15) is 11.9 Å². The van der Waals surface area contributed by atoms with Crippen LogP contribution in [0.2, 0.25) is 0 Å². The zero-order chi connectivity index (χ0) is 18.8. The largest absolute Gasteiger partial charge is 0.489 e. The molecule has 0 N–H and O–H groups in total. The standard InChI is InChI=1S/C21H25N3O3/c1-14(2)26-20-8-5-15(12-23-20)21(25)24-16-6-7-17(24)11-19(10-16)27-18-4-3-9-22-13-18/h3-5,8-9,12-14,16-17,19H,6-7,10-11H2,1-2H3. The van der Waals surface area contributed by atoms with Crippen molar-refractivity contribution in [2.45, 2.75) is 63.8 Å². The number of nitrogens with zero attached hydrogens (tertiary/aromatic N) is 3. The number of piperidine rings is 1. The van der Waals surface area contributed by atoms with Crippen molar-refractivity contribution in [3.63, 3.8) is 0 Å². The van der Waals surface area contributed by atoms with Gasteiger partial charge in [0, 0.05) is 43.4 Å². The van der Waals surface area contributed by atoms with Crippen LogP contribution in [0.4, 0.5) is 0 Å². The molecule has 2 aliphatic heterocycles. The van der Waals surface area contributed by atoms with Crippen molar-refractivity contribution in [2.24, 2.45) is 0 Å². The number of hydrogen-bond acceptors (Lipinski definition) is 5. The fourth-order valence-corrected chi connectivity index (χ4v) is 4.13. The SMILES string of the molecule is CC(C)Oc1ccc(C(=O)N2C3CCC2CC(Oc2cccnc2)C3)cn1. The van der Waals surface area contributed by atoms with E-state index < -0.39 is 0 Å². The van der Waals surface area contributed by atoms with Crippen molar-refractivity contribution in [1.82, 2.24) is 14.9 Å². The zero-order valence-corrected chi connectivity index (χ0v) is 15.7. The van der Waals surface area contributed by atoms with Gasteiger partial charge < -0.3 is 14.4 Å². The minimum Gasteiger partial charge on any atom is -0.489 e. The van der Waals surface area contributed by atoms with Crippen LogP contribution in [0.1, 0.15) is 49.9 Å². The van der Waals surface area contributed by atoms with Gasteiger partial charge in [-0.25, -0.2) is 4.98 Å². The molecule has 142 valence electrons. The van der Waals surface area contributed by atoms with Gasteiger partial charge in [-0.2, -0.15) is 0 Å². The summed E-state index contributed by atoms with van der Waals surface area (Å²) in [4.78, 5) is 23.5. The number of fused-ring (bicyclic) bond motifs is 2. The summed E-state index contributed by atoms with van der Waals surface area (Å²) in [6.07, 6.45) is 9.09. The molecule has 2 atom stereocenters. The summed E-state index contributed by atoms with van der Waals surface area (Å²) in [5.41, 5.74) is 0.620. The van der Waals surface area contributed by atoms with E-state index in [1.807, 2.05) is 36.9 Å². The van der Waals surface area contributed by atoms with Gasteiger partial charge in [-0.15, -0.1) is 0 Å². The van der Waals surface area contributed by atoms with Crippen LogP contribution < -0.4 is 9.47 Å². The van der Waals surface area contributed by atoms with E-state index in [-0.39, 0.29) is 30.2 Å². The van der Waals surface area contributed by atoms with E-state index in [0.717, 1.165) is 31.4 Å². The molecule has 6 heteroatoms. The van der Waals surface area contributed by atoms with Crippen molar-refractivity contribution >= 4 is 5.91 Å². The molecular weight excluding hydrogens is 342 g/mol. The minimum absolute atomic E-state index is 0.0610. The number of carbonyl (C=O) groups excluding carboxylic acids is 1. The van der Waals surface area contributed by atoms with Crippen LogP contribution in [0.3, 0.4) is 0 Å². The van der Waals surface area contributed by atoms with Crippen molar-refractivity contribution in [2.75, 3.05) is 0 Å². The number of aromatic nitrogens is 2. The second kappa shape index (κ2) is 7.55. The fraction of sp³-hybridized carbons (Fsp3) is 0.476. The molecule has 0 aromatic carbocycles. The van der Waals surface area contributed by atoms with E-state index in [4.69, 9.17) is 9.47 Å². The molecule has 0 spiro atoms. The molecule has 2 fully saturated rings. The summed E-state index contributed by atoms with van der Waals surface area (Å²) in [6, 6.07) is 7.84. The molecule has 0 radical (unpaired) electrons. The third kappa shape index (κ3) is 3.89. The molecule has 2 aromatic rings. The third-order valence-corrected chi connectivity index (χ3v) is 5.20. The Kier molecular flexibility index (Phi) is 4.97. The lowest BCUT2D eigenvalue weighted by molar-refractivity contribution is 0.0357. The van der Waals surface area contributed by atoms with Gasteiger partial charge in [-0.05, 0) is 44.9 Å². The Morgan fingerprint density at radius 3 is 2.52 bits per heavy atom. The second-order valence-corrected chi connectivity index (χ2v) is 7.55. The molecule has 2 aromatic heterocycles. The number of pyridine rings is 2. The Morgan fingerprint density at radius 1 is 1.15 bits per heavy atom. The number of amides is 1. The predicted octanol–water partition coefficient (Wildman–Crippen LogP) is 3.48. The molecule has 0 saturated carbocycles. The van der Waals surface area contributed by atoms with E-state index in [1.165, 1.54) is 0 Å². The van der Waals surface area contributed by atoms with E-state index in [0.29, 0.717) is 11.4 Å². The van der Waals surface area contributed by atoms with Crippen LogP contribution in [0, 0.1) is 0 Å². The molecule has 2 saturated heterocycles. The van der Waals surface area contributed by atoms with E-state index in [9.17, 15) is 4.79 Å². The maximum Gasteiger partial charge on any atom is 0.255 e. The maximum absolute atomic E-state index is 13.1. The normalized spacial score (nSPS) is 24.1. The van der Waals surface area contributed by atoms with Gasteiger partial charge in [0.25, 0.3) is 5.91 Å². The zero-order valence-electron chi connectivity index (χ0n) is 15.7. The first-order chi connectivity index (χ1) is 13.1. The van der Waals surface area contributed by atoms with Gasteiger partial charge in [0.05, 0.1) is 17.9 Å². The Labute approximate surface area is 159 Å². The number of carbonyl (C=O) groups is 1. The fourth-order valence-electron chi connectivity index (χ4n) is 4.13. The van der Waals surface area contributed by atoms with Crippen LogP contribution in [-0.2, 0) is 0 Å². The molecule has 1 amide bonds. The first-order valence-electron chi connectivity index (χ1n) is 9.62. The highest BCUT2D eigenvalue weighted by molar-refractivity contribution is 5.94. The number of hydrogen-bond donors (Lipinski definition) is 0. The monoisotopic (exact) mass is 367 g/mol. The first kappa shape index (κ1) is 17.8. The van der Waals surface area contributed by atoms with E-state index >= 15 is 0 Å². The second-order valence-electron chi connectivity index (χ2n) is 7.55. The topological polar surface area (TPSA) is 64.5 Å². The summed E-state index contributed by atoms with van der Waals surface area (Å²) in [5, 5.41) is 0. The molecule has 4 heterocycles. The highest BCUT2D eigenvalue weighted by Gasteiger charge is 2.44. The quantitative estimate of drug-likeness (QED) is 0.809. The molecule has 2 aliphatic rings. The van der Waals surface area contributed by atoms with Crippen LogP contribution in [0.25, 0.3) is 0 Å².